The van der Waals surface area contributed by atoms with Gasteiger partial charge in [0.1, 0.15) is 5.75 Å². The summed E-state index contributed by atoms with van der Waals surface area (Å²) in [6.07, 6.45) is 0.879. The molecule has 0 saturated carbocycles. The van der Waals surface area contributed by atoms with Gasteiger partial charge in [0.15, 0.2) is 11.6 Å². The van der Waals surface area contributed by atoms with E-state index in [2.05, 4.69) is 5.32 Å². The van der Waals surface area contributed by atoms with E-state index in [-0.39, 0.29) is 11.6 Å². The highest BCUT2D eigenvalue weighted by Gasteiger charge is 2.03. The molecule has 0 spiro atoms. The molecule has 0 aliphatic heterocycles. The van der Waals surface area contributed by atoms with Crippen molar-refractivity contribution in [2.24, 2.45) is 0 Å². The Kier molecular flexibility index (Phi) is 4.82. The zero-order chi connectivity index (χ0) is 14.4. The lowest BCUT2D eigenvalue weighted by Gasteiger charge is -2.09. The maximum absolute atomic E-state index is 13.3. The molecule has 0 aliphatic carbocycles. The summed E-state index contributed by atoms with van der Waals surface area (Å²) in [6.45, 7) is 0.765. The van der Waals surface area contributed by atoms with Crippen molar-refractivity contribution in [2.45, 2.75) is 6.42 Å². The average molecular weight is 275 g/mol. The molecule has 20 heavy (non-hydrogen) atoms. The Bertz CT molecular complexity index is 555. The van der Waals surface area contributed by atoms with Gasteiger partial charge < -0.3 is 14.8 Å². The van der Waals surface area contributed by atoms with Gasteiger partial charge in [0.2, 0.25) is 0 Å². The van der Waals surface area contributed by atoms with E-state index in [1.54, 1.807) is 19.2 Å². The van der Waals surface area contributed by atoms with Gasteiger partial charge >= 0.3 is 0 Å². The Labute approximate surface area is 118 Å². The topological polar surface area (TPSA) is 30.5 Å². The van der Waals surface area contributed by atoms with Gasteiger partial charge in [-0.05, 0) is 36.2 Å². The van der Waals surface area contributed by atoms with Crippen LogP contribution in [0, 0.1) is 5.82 Å². The third-order valence-corrected chi connectivity index (χ3v) is 3.05. The number of rotatable bonds is 6. The minimum atomic E-state index is -0.354. The SMILES string of the molecule is COc1ccc(CCNc2ccc(F)c(OC)c2)cc1. The molecule has 3 nitrogen and oxygen atoms in total. The van der Waals surface area contributed by atoms with E-state index in [0.717, 1.165) is 24.4 Å². The molecule has 2 aromatic rings. The van der Waals surface area contributed by atoms with Crippen molar-refractivity contribution in [1.82, 2.24) is 0 Å². The van der Waals surface area contributed by atoms with E-state index in [4.69, 9.17) is 9.47 Å². The first-order valence-corrected chi connectivity index (χ1v) is 6.43. The van der Waals surface area contributed by atoms with Crippen LogP contribution in [-0.4, -0.2) is 20.8 Å². The molecule has 0 saturated heterocycles. The zero-order valence-electron chi connectivity index (χ0n) is 11.7. The third-order valence-electron chi connectivity index (χ3n) is 3.05. The second kappa shape index (κ2) is 6.80. The highest BCUT2D eigenvalue weighted by molar-refractivity contribution is 5.48. The molecule has 0 heterocycles. The Morgan fingerprint density at radius 2 is 1.75 bits per heavy atom. The molecule has 0 fully saturated rings. The fraction of sp³-hybridized carbons (Fsp3) is 0.250. The molecular weight excluding hydrogens is 257 g/mol. The lowest BCUT2D eigenvalue weighted by atomic mass is 10.1. The Hall–Kier alpha value is -2.23. The molecule has 1 N–H and O–H groups in total. The number of nitrogens with one attached hydrogen (secondary N) is 1. The molecule has 0 amide bonds. The summed E-state index contributed by atoms with van der Waals surface area (Å²) < 4.78 is 23.3. The standard InChI is InChI=1S/C16H18FNO2/c1-19-14-6-3-12(4-7-14)9-10-18-13-5-8-15(17)16(11-13)20-2/h3-8,11,18H,9-10H2,1-2H3. The van der Waals surface area contributed by atoms with E-state index in [9.17, 15) is 4.39 Å². The minimum absolute atomic E-state index is 0.249. The summed E-state index contributed by atoms with van der Waals surface area (Å²) in [5.74, 6) is 0.748. The lowest BCUT2D eigenvalue weighted by molar-refractivity contribution is 0.387. The van der Waals surface area contributed by atoms with Gasteiger partial charge in [-0.3, -0.25) is 0 Å². The molecule has 0 aromatic heterocycles. The number of ether oxygens (including phenoxy) is 2. The molecule has 0 aliphatic rings. The quantitative estimate of drug-likeness (QED) is 0.875. The van der Waals surface area contributed by atoms with Crippen LogP contribution in [0.4, 0.5) is 10.1 Å². The van der Waals surface area contributed by atoms with Crippen LogP contribution in [0.2, 0.25) is 0 Å². The predicted molar refractivity (Wildman–Crippen MR) is 78.1 cm³/mol. The minimum Gasteiger partial charge on any atom is -0.497 e. The van der Waals surface area contributed by atoms with Crippen molar-refractivity contribution in [1.29, 1.82) is 0 Å². The first kappa shape index (κ1) is 14.2. The van der Waals surface area contributed by atoms with Gasteiger partial charge in [0.25, 0.3) is 0 Å². The van der Waals surface area contributed by atoms with Crippen molar-refractivity contribution in [3.8, 4) is 11.5 Å². The Morgan fingerprint density at radius 1 is 1.00 bits per heavy atom. The summed E-state index contributed by atoms with van der Waals surface area (Å²) in [5, 5.41) is 3.25. The first-order chi connectivity index (χ1) is 9.72. The maximum atomic E-state index is 13.3. The lowest BCUT2D eigenvalue weighted by Crippen LogP contribution is -2.05. The van der Waals surface area contributed by atoms with Crippen LogP contribution >= 0.6 is 0 Å². The molecule has 4 heteroatoms. The molecular formula is C16H18FNO2. The van der Waals surface area contributed by atoms with Crippen molar-refractivity contribution < 1.29 is 13.9 Å². The second-order valence-electron chi connectivity index (χ2n) is 4.37. The summed E-state index contributed by atoms with van der Waals surface area (Å²) in [5.41, 5.74) is 2.06. The van der Waals surface area contributed by atoms with Crippen LogP contribution in [-0.2, 0) is 6.42 Å². The van der Waals surface area contributed by atoms with Crippen LogP contribution in [0.1, 0.15) is 5.56 Å². The van der Waals surface area contributed by atoms with Crippen LogP contribution in [0.25, 0.3) is 0 Å². The number of anilines is 1. The van der Waals surface area contributed by atoms with Gasteiger partial charge in [0.05, 0.1) is 14.2 Å². The third kappa shape index (κ3) is 3.63. The van der Waals surface area contributed by atoms with Crippen molar-refractivity contribution >= 4 is 5.69 Å². The number of benzene rings is 2. The number of methoxy groups -OCH3 is 2. The molecule has 106 valence electrons. The van der Waals surface area contributed by atoms with Crippen molar-refractivity contribution in [2.75, 3.05) is 26.1 Å². The summed E-state index contributed by atoms with van der Waals surface area (Å²) >= 11 is 0. The average Bonchev–Trinajstić information content (AvgIpc) is 2.49. The van der Waals surface area contributed by atoms with Crippen LogP contribution in [0.15, 0.2) is 42.5 Å². The highest BCUT2D eigenvalue weighted by atomic mass is 19.1. The van der Waals surface area contributed by atoms with E-state index < -0.39 is 0 Å². The predicted octanol–water partition coefficient (Wildman–Crippen LogP) is 3.50. The second-order valence-corrected chi connectivity index (χ2v) is 4.37. The highest BCUT2D eigenvalue weighted by Crippen LogP contribution is 2.21. The van der Waals surface area contributed by atoms with Gasteiger partial charge in [-0.25, -0.2) is 4.39 Å². The van der Waals surface area contributed by atoms with E-state index in [0.29, 0.717) is 0 Å². The number of hydrogen-bond donors (Lipinski definition) is 1. The largest absolute Gasteiger partial charge is 0.497 e. The smallest absolute Gasteiger partial charge is 0.165 e. The summed E-state index contributed by atoms with van der Waals surface area (Å²) in [7, 11) is 3.11. The number of halogens is 1. The Balaban J connectivity index is 1.88. The Morgan fingerprint density at radius 3 is 2.40 bits per heavy atom. The summed E-state index contributed by atoms with van der Waals surface area (Å²) in [6, 6.07) is 12.7. The van der Waals surface area contributed by atoms with Gasteiger partial charge in [-0.1, -0.05) is 12.1 Å². The summed E-state index contributed by atoms with van der Waals surface area (Å²) in [4.78, 5) is 0. The van der Waals surface area contributed by atoms with Crippen LogP contribution < -0.4 is 14.8 Å². The monoisotopic (exact) mass is 275 g/mol. The van der Waals surface area contributed by atoms with Crippen LogP contribution in [0.5, 0.6) is 11.5 Å². The molecule has 2 rings (SSSR count). The molecule has 0 radical (unpaired) electrons. The fourth-order valence-electron chi connectivity index (χ4n) is 1.91. The van der Waals surface area contributed by atoms with Crippen molar-refractivity contribution in [3.63, 3.8) is 0 Å². The maximum Gasteiger partial charge on any atom is 0.165 e. The van der Waals surface area contributed by atoms with Crippen molar-refractivity contribution in [3.05, 3.63) is 53.8 Å². The normalized spacial score (nSPS) is 10.2. The zero-order valence-corrected chi connectivity index (χ0v) is 11.7. The number of hydrogen-bond acceptors (Lipinski definition) is 3. The van der Waals surface area contributed by atoms with E-state index in [1.165, 1.54) is 18.7 Å². The molecule has 0 unspecified atom stereocenters. The molecule has 2 aromatic carbocycles. The molecule has 0 bridgehead atoms. The van der Waals surface area contributed by atoms with Crippen LogP contribution in [0.3, 0.4) is 0 Å². The van der Waals surface area contributed by atoms with E-state index in [1.807, 2.05) is 24.3 Å². The van der Waals surface area contributed by atoms with Gasteiger partial charge in [-0.2, -0.15) is 0 Å². The fourth-order valence-corrected chi connectivity index (χ4v) is 1.91. The molecule has 0 atom stereocenters. The van der Waals surface area contributed by atoms with Gasteiger partial charge in [0, 0.05) is 18.3 Å². The van der Waals surface area contributed by atoms with E-state index >= 15 is 0 Å². The first-order valence-electron chi connectivity index (χ1n) is 6.43. The van der Waals surface area contributed by atoms with Gasteiger partial charge in [-0.15, -0.1) is 0 Å².